The number of phenols is 2. The van der Waals surface area contributed by atoms with Crippen LogP contribution >= 0.6 is 11.6 Å². The number of halogens is 1. The van der Waals surface area contributed by atoms with Crippen molar-refractivity contribution in [2.24, 2.45) is 5.10 Å². The van der Waals surface area contributed by atoms with Crippen LogP contribution < -0.4 is 5.43 Å². The number of benzene rings is 3. The van der Waals surface area contributed by atoms with Crippen LogP contribution in [0.3, 0.4) is 0 Å². The molecule has 0 aliphatic rings. The van der Waals surface area contributed by atoms with Gasteiger partial charge in [-0.2, -0.15) is 5.10 Å². The number of phenolic OH excluding ortho intramolecular Hbond substituents is 2. The van der Waals surface area contributed by atoms with Crippen LogP contribution in [0.25, 0.3) is 10.8 Å². The highest BCUT2D eigenvalue weighted by molar-refractivity contribution is 6.31. The third-order valence-corrected chi connectivity index (χ3v) is 4.02. The highest BCUT2D eigenvalue weighted by Crippen LogP contribution is 2.25. The summed E-state index contributed by atoms with van der Waals surface area (Å²) in [5.41, 5.74) is 3.30. The molecule has 0 saturated carbocycles. The van der Waals surface area contributed by atoms with Crippen molar-refractivity contribution in [3.8, 4) is 11.5 Å². The van der Waals surface area contributed by atoms with E-state index >= 15 is 0 Å². The van der Waals surface area contributed by atoms with Crippen molar-refractivity contribution in [2.75, 3.05) is 0 Å². The molecule has 0 aliphatic carbocycles. The van der Waals surface area contributed by atoms with Crippen LogP contribution in [0.4, 0.5) is 0 Å². The lowest BCUT2D eigenvalue weighted by molar-refractivity contribution is 0.0952. The molecule has 0 atom stereocenters. The van der Waals surface area contributed by atoms with E-state index in [0.717, 1.165) is 10.8 Å². The predicted octanol–water partition coefficient (Wildman–Crippen LogP) is 4.06. The number of hydrogen-bond acceptors (Lipinski definition) is 4. The first-order valence-electron chi connectivity index (χ1n) is 7.51. The summed E-state index contributed by atoms with van der Waals surface area (Å²) >= 11 is 5.91. The lowest BCUT2D eigenvalue weighted by atomic mass is 10.1. The number of hydrazone groups is 1. The Morgan fingerprint density at radius 2 is 1.64 bits per heavy atom. The summed E-state index contributed by atoms with van der Waals surface area (Å²) in [6, 6.07) is 15.1. The highest BCUT2D eigenvalue weighted by atomic mass is 35.5. The van der Waals surface area contributed by atoms with Crippen molar-refractivity contribution in [3.05, 3.63) is 70.7 Å². The minimum Gasteiger partial charge on any atom is -0.507 e. The molecule has 3 aromatic rings. The van der Waals surface area contributed by atoms with Gasteiger partial charge in [-0.15, -0.1) is 0 Å². The SMILES string of the molecule is CC(=NNC(=O)c1cc2ccccc2cc1O)c1cc(Cl)ccc1O. The zero-order chi connectivity index (χ0) is 18.0. The maximum atomic E-state index is 12.3. The number of rotatable bonds is 3. The fraction of sp³-hybridized carbons (Fsp3) is 0.0526. The fourth-order valence-corrected chi connectivity index (χ4v) is 2.64. The Labute approximate surface area is 149 Å². The molecular weight excluding hydrogens is 340 g/mol. The zero-order valence-electron chi connectivity index (χ0n) is 13.3. The van der Waals surface area contributed by atoms with E-state index in [-0.39, 0.29) is 17.1 Å². The molecule has 5 nitrogen and oxygen atoms in total. The van der Waals surface area contributed by atoms with E-state index in [1.165, 1.54) is 12.1 Å². The number of amides is 1. The number of fused-ring (bicyclic) bond motifs is 1. The average molecular weight is 355 g/mol. The summed E-state index contributed by atoms with van der Waals surface area (Å²) < 4.78 is 0. The molecular formula is C19H15ClN2O3. The molecule has 1 amide bonds. The molecule has 6 heteroatoms. The fourth-order valence-electron chi connectivity index (χ4n) is 2.46. The molecule has 0 fully saturated rings. The number of carbonyl (C=O) groups excluding carboxylic acids is 1. The van der Waals surface area contributed by atoms with E-state index in [1.54, 1.807) is 25.1 Å². The number of nitrogens with one attached hydrogen (secondary N) is 1. The molecule has 25 heavy (non-hydrogen) atoms. The quantitative estimate of drug-likeness (QED) is 0.490. The van der Waals surface area contributed by atoms with E-state index in [9.17, 15) is 15.0 Å². The molecule has 0 bridgehead atoms. The lowest BCUT2D eigenvalue weighted by Crippen LogP contribution is -2.19. The van der Waals surface area contributed by atoms with Gasteiger partial charge in [0.05, 0.1) is 11.3 Å². The van der Waals surface area contributed by atoms with Gasteiger partial charge < -0.3 is 10.2 Å². The molecule has 0 spiro atoms. The first kappa shape index (κ1) is 16.8. The van der Waals surface area contributed by atoms with E-state index in [0.29, 0.717) is 16.3 Å². The molecule has 3 aromatic carbocycles. The van der Waals surface area contributed by atoms with Crippen LogP contribution in [-0.2, 0) is 0 Å². The zero-order valence-corrected chi connectivity index (χ0v) is 14.1. The molecule has 3 rings (SSSR count). The number of nitrogens with zero attached hydrogens (tertiary/aromatic N) is 1. The van der Waals surface area contributed by atoms with Gasteiger partial charge >= 0.3 is 0 Å². The van der Waals surface area contributed by atoms with E-state index < -0.39 is 5.91 Å². The summed E-state index contributed by atoms with van der Waals surface area (Å²) in [4.78, 5) is 12.3. The van der Waals surface area contributed by atoms with Gasteiger partial charge in [0.2, 0.25) is 0 Å². The topological polar surface area (TPSA) is 81.9 Å². The Bertz CT molecular complexity index is 999. The van der Waals surface area contributed by atoms with Crippen LogP contribution in [0, 0.1) is 0 Å². The van der Waals surface area contributed by atoms with Gasteiger partial charge in [-0.25, -0.2) is 5.43 Å². The van der Waals surface area contributed by atoms with E-state index in [1.807, 2.05) is 24.3 Å². The van der Waals surface area contributed by atoms with Crippen LogP contribution in [0.2, 0.25) is 5.02 Å². The second kappa shape index (κ2) is 6.83. The Morgan fingerprint density at radius 1 is 0.960 bits per heavy atom. The molecule has 0 aromatic heterocycles. The normalized spacial score (nSPS) is 11.5. The minimum atomic E-state index is -0.552. The summed E-state index contributed by atoms with van der Waals surface area (Å²) in [5.74, 6) is -0.674. The summed E-state index contributed by atoms with van der Waals surface area (Å²) in [7, 11) is 0. The number of carbonyl (C=O) groups is 1. The monoisotopic (exact) mass is 354 g/mol. The van der Waals surface area contributed by atoms with Gasteiger partial charge in [0.1, 0.15) is 11.5 Å². The Morgan fingerprint density at radius 3 is 2.36 bits per heavy atom. The van der Waals surface area contributed by atoms with Gasteiger partial charge in [0.25, 0.3) is 5.91 Å². The van der Waals surface area contributed by atoms with Crippen LogP contribution in [-0.4, -0.2) is 21.8 Å². The second-order valence-electron chi connectivity index (χ2n) is 5.52. The van der Waals surface area contributed by atoms with Crippen molar-refractivity contribution in [2.45, 2.75) is 6.92 Å². The Kier molecular flexibility index (Phi) is 4.59. The van der Waals surface area contributed by atoms with Gasteiger partial charge in [-0.1, -0.05) is 35.9 Å². The summed E-state index contributed by atoms with van der Waals surface area (Å²) in [6.45, 7) is 1.63. The molecule has 126 valence electrons. The molecule has 0 unspecified atom stereocenters. The average Bonchev–Trinajstić information content (AvgIpc) is 2.60. The van der Waals surface area contributed by atoms with Crippen molar-refractivity contribution < 1.29 is 15.0 Å². The van der Waals surface area contributed by atoms with Crippen LogP contribution in [0.1, 0.15) is 22.8 Å². The van der Waals surface area contributed by atoms with Gasteiger partial charge in [-0.3, -0.25) is 4.79 Å². The third kappa shape index (κ3) is 3.56. The van der Waals surface area contributed by atoms with Gasteiger partial charge in [0, 0.05) is 10.6 Å². The second-order valence-corrected chi connectivity index (χ2v) is 5.95. The molecule has 0 heterocycles. The maximum Gasteiger partial charge on any atom is 0.275 e. The van der Waals surface area contributed by atoms with Crippen LogP contribution in [0.15, 0.2) is 59.7 Å². The number of hydrogen-bond donors (Lipinski definition) is 3. The third-order valence-electron chi connectivity index (χ3n) is 3.78. The molecule has 0 radical (unpaired) electrons. The number of aromatic hydroxyl groups is 2. The van der Waals surface area contributed by atoms with Crippen molar-refractivity contribution in [3.63, 3.8) is 0 Å². The first-order valence-corrected chi connectivity index (χ1v) is 7.89. The predicted molar refractivity (Wildman–Crippen MR) is 98.4 cm³/mol. The summed E-state index contributed by atoms with van der Waals surface area (Å²) in [6.07, 6.45) is 0. The van der Waals surface area contributed by atoms with Crippen molar-refractivity contribution in [1.82, 2.24) is 5.43 Å². The maximum absolute atomic E-state index is 12.3. The van der Waals surface area contributed by atoms with Gasteiger partial charge in [0.15, 0.2) is 0 Å². The largest absolute Gasteiger partial charge is 0.507 e. The van der Waals surface area contributed by atoms with Crippen molar-refractivity contribution >= 4 is 34.0 Å². The molecule has 3 N–H and O–H groups in total. The van der Waals surface area contributed by atoms with Crippen LogP contribution in [0.5, 0.6) is 11.5 Å². The molecule has 0 aliphatic heterocycles. The van der Waals surface area contributed by atoms with Crippen molar-refractivity contribution in [1.29, 1.82) is 0 Å². The highest BCUT2D eigenvalue weighted by Gasteiger charge is 2.13. The minimum absolute atomic E-state index is 0.00783. The standard InChI is InChI=1S/C19H15ClN2O3/c1-11(15-10-14(20)6-7-17(15)23)21-22-19(25)16-8-12-4-2-3-5-13(12)9-18(16)24/h2-10,23-24H,1H3,(H,22,25). The van der Waals surface area contributed by atoms with E-state index in [4.69, 9.17) is 11.6 Å². The Balaban J connectivity index is 1.87. The Hall–Kier alpha value is -3.05. The molecule has 0 saturated heterocycles. The lowest BCUT2D eigenvalue weighted by Gasteiger charge is -2.08. The smallest absolute Gasteiger partial charge is 0.275 e. The first-order chi connectivity index (χ1) is 12.0. The van der Waals surface area contributed by atoms with Gasteiger partial charge in [-0.05, 0) is 48.0 Å². The summed E-state index contributed by atoms with van der Waals surface area (Å²) in [5, 5.41) is 26.0. The van der Waals surface area contributed by atoms with E-state index in [2.05, 4.69) is 10.5 Å².